The zero-order valence-electron chi connectivity index (χ0n) is 6.62. The zero-order valence-corrected chi connectivity index (χ0v) is 8.18. The van der Waals surface area contributed by atoms with Crippen LogP contribution in [0, 0.1) is 12.5 Å². The Morgan fingerprint density at radius 1 is 1.23 bits per heavy atom. The van der Waals surface area contributed by atoms with Crippen LogP contribution in [0.4, 0.5) is 0 Å². The van der Waals surface area contributed by atoms with Crippen molar-refractivity contribution in [3.8, 4) is 0 Å². The maximum Gasteiger partial charge on any atom is 0.0213 e. The van der Waals surface area contributed by atoms with Gasteiger partial charge in [0.25, 0.3) is 0 Å². The van der Waals surface area contributed by atoms with Crippen LogP contribution < -0.4 is 0 Å². The summed E-state index contributed by atoms with van der Waals surface area (Å²) in [5, 5.41) is 9.03. The molecule has 5 nitrogen and oxygen atoms in total. The number of H-pyrrole nitrogens is 1. The first-order chi connectivity index (χ1) is 6.50. The van der Waals surface area contributed by atoms with E-state index in [-0.39, 0.29) is 0 Å². The van der Waals surface area contributed by atoms with E-state index in [0.717, 1.165) is 0 Å². The van der Waals surface area contributed by atoms with E-state index in [1.54, 1.807) is 18.5 Å². The molecule has 0 aliphatic heterocycles. The second-order valence-corrected chi connectivity index (χ2v) is 1.45. The summed E-state index contributed by atoms with van der Waals surface area (Å²) >= 11 is 2.50. The number of rotatable bonds is 0. The average molecular weight is 268 g/mol. The Labute approximate surface area is 86.6 Å². The number of hydrogen-bond donors (Lipinski definition) is 1. The van der Waals surface area contributed by atoms with Crippen LogP contribution in [-0.2, 0) is 18.7 Å². The minimum atomic E-state index is 1.53. The van der Waals surface area contributed by atoms with E-state index in [0.29, 0.717) is 0 Å². The summed E-state index contributed by atoms with van der Waals surface area (Å²) in [5.41, 5.74) is 0. The van der Waals surface area contributed by atoms with Crippen molar-refractivity contribution in [3.05, 3.63) is 37.2 Å². The smallest absolute Gasteiger partial charge is 0.0213 e. The van der Waals surface area contributed by atoms with E-state index in [9.17, 15) is 0 Å². The van der Waals surface area contributed by atoms with Gasteiger partial charge in [-0.25, -0.2) is 0 Å². The number of aromatic amines is 1. The van der Waals surface area contributed by atoms with E-state index in [2.05, 4.69) is 61.6 Å². The van der Waals surface area contributed by atoms with Gasteiger partial charge in [0.05, 0.1) is 0 Å². The number of nitrogens with zero attached hydrogens (tertiary/aromatic N) is 4. The molecule has 2 aromatic heterocycles. The summed E-state index contributed by atoms with van der Waals surface area (Å²) in [6.07, 6.45) is 9.63. The molecular weight excluding hydrogens is 261 g/mol. The molecule has 2 rings (SSSR count). The van der Waals surface area contributed by atoms with Gasteiger partial charge in [0.2, 0.25) is 0 Å². The van der Waals surface area contributed by atoms with Crippen LogP contribution >= 0.6 is 0 Å². The summed E-state index contributed by atoms with van der Waals surface area (Å²) in [6, 6.07) is 1.75. The van der Waals surface area contributed by atoms with E-state index in [1.807, 2.05) is 0 Å². The molecule has 13 heavy (non-hydrogen) atoms. The van der Waals surface area contributed by atoms with Gasteiger partial charge in [-0.1, -0.05) is 12.4 Å². The first kappa shape index (κ1) is 11.8. The minimum Gasteiger partial charge on any atom is -0.374 e. The van der Waals surface area contributed by atoms with Crippen molar-refractivity contribution in [2.24, 2.45) is 0 Å². The van der Waals surface area contributed by atoms with Crippen LogP contribution in [0.2, 0.25) is 0 Å². The average Bonchev–Trinajstić information content (AvgIpc) is 2.82. The standard InChI is InChI=1S/C4H3N2.C2H2N3.CH2.Pd/c1-2-5-4-6-3-1;1-2-4-5-3-1;;/h1-3H;1H,(H,3,4,5);1H2;/q2*-1;;. The molecule has 0 radical (unpaired) electrons. The Morgan fingerprint density at radius 2 is 1.92 bits per heavy atom. The van der Waals surface area contributed by atoms with Crippen LogP contribution in [0.25, 0.3) is 0 Å². The summed E-state index contributed by atoms with van der Waals surface area (Å²) in [4.78, 5) is 10.2. The van der Waals surface area contributed by atoms with Crippen LogP contribution in [-0.4, -0.2) is 30.4 Å². The third-order valence-corrected chi connectivity index (χ3v) is 0.731. The number of nitrogens with one attached hydrogen (secondary N) is 1. The van der Waals surface area contributed by atoms with Crippen LogP contribution in [0.3, 0.4) is 0 Å². The Morgan fingerprint density at radius 3 is 2.08 bits per heavy atom. The fourth-order valence-electron chi connectivity index (χ4n) is 0.369. The fraction of sp³-hybridized carbons (Fsp3) is 0. The van der Waals surface area contributed by atoms with Gasteiger partial charge >= 0.3 is 23.7 Å². The number of aromatic nitrogens is 5. The van der Waals surface area contributed by atoms with Crippen molar-refractivity contribution in [1.82, 2.24) is 25.4 Å². The Balaban J connectivity index is 0.000000189. The number of hydrogen-bond acceptors (Lipinski definition) is 4. The molecule has 0 fully saturated rings. The minimum absolute atomic E-state index is 1.53. The van der Waals surface area contributed by atoms with Gasteiger partial charge in [-0.15, -0.1) is 17.5 Å². The van der Waals surface area contributed by atoms with Crippen molar-refractivity contribution in [2.45, 2.75) is 0 Å². The van der Waals surface area contributed by atoms with Crippen molar-refractivity contribution < 1.29 is 18.7 Å². The monoisotopic (exact) mass is 267 g/mol. The summed E-state index contributed by atoms with van der Waals surface area (Å²) in [6.45, 7) is 0. The Hall–Kier alpha value is -1.25. The molecule has 0 bridgehead atoms. The second kappa shape index (κ2) is 10.8. The van der Waals surface area contributed by atoms with Gasteiger partial charge < -0.3 is 26.4 Å². The van der Waals surface area contributed by atoms with E-state index in [4.69, 9.17) is 0 Å². The molecule has 0 aromatic carbocycles. The Bertz CT molecular complexity index is 215. The molecule has 6 heteroatoms. The van der Waals surface area contributed by atoms with Gasteiger partial charge in [0.1, 0.15) is 0 Å². The molecule has 1 N–H and O–H groups in total. The molecule has 0 spiro atoms. The van der Waals surface area contributed by atoms with Crippen LogP contribution in [0.1, 0.15) is 0 Å². The summed E-state index contributed by atoms with van der Waals surface area (Å²) in [5.74, 6) is 0. The predicted molar refractivity (Wildman–Crippen MR) is 43.2 cm³/mol. The quantitative estimate of drug-likeness (QED) is 0.532. The van der Waals surface area contributed by atoms with Crippen molar-refractivity contribution in [1.29, 1.82) is 0 Å². The summed E-state index contributed by atoms with van der Waals surface area (Å²) in [7, 11) is 0. The third kappa shape index (κ3) is 8.66. The molecule has 2 heterocycles. The van der Waals surface area contributed by atoms with Gasteiger partial charge in [-0.2, -0.15) is 0 Å². The maximum absolute atomic E-state index is 3.55. The zero-order chi connectivity index (χ0) is 9.78. The van der Waals surface area contributed by atoms with Crippen molar-refractivity contribution in [2.75, 3.05) is 0 Å². The molecule has 0 atom stereocenters. The van der Waals surface area contributed by atoms with Gasteiger partial charge in [-0.3, -0.25) is 0 Å². The van der Waals surface area contributed by atoms with Gasteiger partial charge in [0.15, 0.2) is 0 Å². The van der Waals surface area contributed by atoms with Gasteiger partial charge in [0, 0.05) is 6.33 Å². The molecule has 0 aliphatic carbocycles. The van der Waals surface area contributed by atoms with Gasteiger partial charge in [-0.05, 0) is 0 Å². The van der Waals surface area contributed by atoms with E-state index in [1.165, 1.54) is 6.20 Å². The normalized spacial score (nSPS) is 7.23. The molecule has 72 valence electrons. The SMILES string of the molecule is [CH2]=[Pd].[c-]1c[nH]nn1.[c-]1ncccn1. The third-order valence-electron chi connectivity index (χ3n) is 0.731. The maximum atomic E-state index is 3.55. The topological polar surface area (TPSA) is 67.3 Å². The van der Waals surface area contributed by atoms with Crippen LogP contribution in [0.15, 0.2) is 24.7 Å². The van der Waals surface area contributed by atoms with E-state index < -0.39 is 0 Å². The molecule has 2 aromatic rings. The molecule has 0 unspecified atom stereocenters. The molecule has 0 amide bonds. The fourth-order valence-corrected chi connectivity index (χ4v) is 0.369. The molecular formula is C7H7N5Pd-2. The molecule has 0 aliphatic rings. The Kier molecular flexibility index (Phi) is 9.72. The van der Waals surface area contributed by atoms with E-state index >= 15 is 0 Å². The first-order valence-electron chi connectivity index (χ1n) is 3.08. The van der Waals surface area contributed by atoms with Crippen LogP contribution in [0.5, 0.6) is 0 Å². The largest absolute Gasteiger partial charge is 0.374 e. The molecule has 0 saturated carbocycles. The summed E-state index contributed by atoms with van der Waals surface area (Å²) < 4.78 is 0. The molecule has 0 saturated heterocycles. The van der Waals surface area contributed by atoms with Crippen molar-refractivity contribution >= 4 is 4.99 Å². The predicted octanol–water partition coefficient (Wildman–Crippen LogP) is -0.153. The second-order valence-electron chi connectivity index (χ2n) is 1.45. The van der Waals surface area contributed by atoms with Crippen molar-refractivity contribution in [3.63, 3.8) is 0 Å². The first-order valence-corrected chi connectivity index (χ1v) is 4.18.